The number of fused-ring (bicyclic) bond motifs is 1. The van der Waals surface area contributed by atoms with E-state index >= 15 is 0 Å². The molecule has 10 heteroatoms. The molecule has 0 bridgehead atoms. The summed E-state index contributed by atoms with van der Waals surface area (Å²) < 4.78 is 16.4. The van der Waals surface area contributed by atoms with Crippen molar-refractivity contribution in [3.8, 4) is 17.0 Å². The predicted molar refractivity (Wildman–Crippen MR) is 124 cm³/mol. The van der Waals surface area contributed by atoms with E-state index in [1.165, 1.54) is 0 Å². The van der Waals surface area contributed by atoms with E-state index in [0.717, 1.165) is 4.68 Å². The Morgan fingerprint density at radius 3 is 2.44 bits per heavy atom. The van der Waals surface area contributed by atoms with Gasteiger partial charge in [0.05, 0.1) is 24.7 Å². The van der Waals surface area contributed by atoms with Gasteiger partial charge in [-0.1, -0.05) is 5.16 Å². The normalized spacial score (nSPS) is 10.8. The Morgan fingerprint density at radius 2 is 1.79 bits per heavy atom. The summed E-state index contributed by atoms with van der Waals surface area (Å²) in [6, 6.07) is 13.4. The molecule has 10 nitrogen and oxygen atoms in total. The molecule has 0 aliphatic rings. The number of nitrogens with zero attached hydrogens (tertiary/aromatic N) is 3. The molecule has 0 saturated heterocycles. The predicted octanol–water partition coefficient (Wildman–Crippen LogP) is 3.18. The monoisotopic (exact) mass is 462 g/mol. The van der Waals surface area contributed by atoms with Crippen LogP contribution in [0.25, 0.3) is 22.2 Å². The largest absolute Gasteiger partial charge is 0.497 e. The maximum Gasteiger partial charge on any atom is 0.338 e. The summed E-state index contributed by atoms with van der Waals surface area (Å²) in [7, 11) is 1.57. The van der Waals surface area contributed by atoms with Crippen LogP contribution < -0.4 is 15.6 Å². The van der Waals surface area contributed by atoms with Crippen LogP contribution in [0.4, 0.5) is 5.69 Å². The molecule has 174 valence electrons. The molecule has 0 aliphatic heterocycles. The van der Waals surface area contributed by atoms with Gasteiger partial charge in [0.15, 0.2) is 5.52 Å². The van der Waals surface area contributed by atoms with Crippen LogP contribution in [0.5, 0.6) is 5.75 Å². The number of carbonyl (C=O) groups is 2. The lowest BCUT2D eigenvalue weighted by Gasteiger charge is -2.10. The SMILES string of the molecule is CCOC(=O)c1ccc(NC(=O)Cn2nc(-c3ccc(OC)cc3)c3c(C)onc3c2=O)cc1. The molecule has 34 heavy (non-hydrogen) atoms. The van der Waals surface area contributed by atoms with Crippen LogP contribution in [0.2, 0.25) is 0 Å². The van der Waals surface area contributed by atoms with Gasteiger partial charge in [-0.3, -0.25) is 9.59 Å². The number of aromatic nitrogens is 3. The van der Waals surface area contributed by atoms with E-state index in [9.17, 15) is 14.4 Å². The van der Waals surface area contributed by atoms with Crippen LogP contribution in [0.3, 0.4) is 0 Å². The Hall–Kier alpha value is -4.47. The van der Waals surface area contributed by atoms with Gasteiger partial charge in [-0.25, -0.2) is 9.48 Å². The summed E-state index contributed by atoms with van der Waals surface area (Å²) in [6.07, 6.45) is 0. The summed E-state index contributed by atoms with van der Waals surface area (Å²) in [6.45, 7) is 3.34. The third-order valence-corrected chi connectivity index (χ3v) is 5.09. The minimum atomic E-state index is -0.545. The summed E-state index contributed by atoms with van der Waals surface area (Å²) >= 11 is 0. The number of benzene rings is 2. The first kappa shape index (κ1) is 22.7. The van der Waals surface area contributed by atoms with Crippen LogP contribution in [-0.4, -0.2) is 40.5 Å². The summed E-state index contributed by atoms with van der Waals surface area (Å²) in [5.74, 6) is 0.199. The van der Waals surface area contributed by atoms with Crippen LogP contribution in [-0.2, 0) is 16.1 Å². The third-order valence-electron chi connectivity index (χ3n) is 5.09. The molecule has 0 atom stereocenters. The van der Waals surface area contributed by atoms with E-state index in [2.05, 4.69) is 15.6 Å². The van der Waals surface area contributed by atoms with Crippen molar-refractivity contribution in [1.82, 2.24) is 14.9 Å². The molecule has 0 radical (unpaired) electrons. The number of nitrogens with one attached hydrogen (secondary N) is 1. The smallest absolute Gasteiger partial charge is 0.338 e. The van der Waals surface area contributed by atoms with Crippen LogP contribution in [0.1, 0.15) is 23.0 Å². The lowest BCUT2D eigenvalue weighted by Crippen LogP contribution is -2.30. The molecule has 0 unspecified atom stereocenters. The van der Waals surface area contributed by atoms with Gasteiger partial charge in [0.2, 0.25) is 5.91 Å². The van der Waals surface area contributed by atoms with Crippen molar-refractivity contribution in [2.24, 2.45) is 0 Å². The maximum atomic E-state index is 12.9. The number of rotatable bonds is 7. The number of esters is 1. The van der Waals surface area contributed by atoms with Crippen LogP contribution in [0, 0.1) is 6.92 Å². The van der Waals surface area contributed by atoms with Gasteiger partial charge >= 0.3 is 5.97 Å². The standard InChI is InChI=1S/C24H22N4O6/c1-4-33-24(31)16-5-9-17(10-6-16)25-19(29)13-28-23(30)22-20(14(2)34-27-22)21(26-28)15-7-11-18(32-3)12-8-15/h5-12H,4,13H2,1-3H3,(H,25,29). The van der Waals surface area contributed by atoms with E-state index in [1.54, 1.807) is 69.5 Å². The number of anilines is 1. The molecular weight excluding hydrogens is 440 g/mol. The number of ether oxygens (including phenoxy) is 2. The zero-order chi connectivity index (χ0) is 24.2. The van der Waals surface area contributed by atoms with Gasteiger partial charge in [-0.05, 0) is 62.4 Å². The van der Waals surface area contributed by atoms with Crippen molar-refractivity contribution in [2.45, 2.75) is 20.4 Å². The fraction of sp³-hybridized carbons (Fsp3) is 0.208. The minimum absolute atomic E-state index is 0.0879. The fourth-order valence-electron chi connectivity index (χ4n) is 3.43. The highest BCUT2D eigenvalue weighted by Crippen LogP contribution is 2.28. The van der Waals surface area contributed by atoms with Gasteiger partial charge < -0.3 is 19.3 Å². The van der Waals surface area contributed by atoms with Gasteiger partial charge in [0.1, 0.15) is 23.7 Å². The minimum Gasteiger partial charge on any atom is -0.497 e. The second-order valence-electron chi connectivity index (χ2n) is 7.35. The molecule has 2 aromatic carbocycles. The molecule has 1 N–H and O–H groups in total. The zero-order valence-corrected chi connectivity index (χ0v) is 18.8. The Labute approximate surface area is 194 Å². The van der Waals surface area contributed by atoms with Crippen molar-refractivity contribution in [2.75, 3.05) is 19.0 Å². The van der Waals surface area contributed by atoms with E-state index < -0.39 is 17.4 Å². The highest BCUT2D eigenvalue weighted by Gasteiger charge is 2.20. The zero-order valence-electron chi connectivity index (χ0n) is 18.8. The van der Waals surface area contributed by atoms with Gasteiger partial charge in [0, 0.05) is 11.3 Å². The first-order valence-corrected chi connectivity index (χ1v) is 10.5. The van der Waals surface area contributed by atoms with E-state index in [0.29, 0.717) is 39.4 Å². The summed E-state index contributed by atoms with van der Waals surface area (Å²) in [5, 5.41) is 11.5. The first-order valence-electron chi connectivity index (χ1n) is 10.5. The van der Waals surface area contributed by atoms with Crippen LogP contribution >= 0.6 is 0 Å². The average molecular weight is 462 g/mol. The first-order chi connectivity index (χ1) is 16.4. The highest BCUT2D eigenvalue weighted by atomic mass is 16.5. The Kier molecular flexibility index (Phi) is 6.39. The molecule has 2 heterocycles. The molecule has 4 aromatic rings. The summed E-state index contributed by atoms with van der Waals surface area (Å²) in [4.78, 5) is 37.4. The molecule has 0 spiro atoms. The molecular formula is C24H22N4O6. The second-order valence-corrected chi connectivity index (χ2v) is 7.35. The molecule has 1 amide bonds. The second kappa shape index (κ2) is 9.57. The molecule has 0 fully saturated rings. The topological polar surface area (TPSA) is 126 Å². The lowest BCUT2D eigenvalue weighted by atomic mass is 10.1. The van der Waals surface area contributed by atoms with Crippen molar-refractivity contribution in [3.05, 3.63) is 70.2 Å². The Bertz CT molecular complexity index is 1400. The number of hydrogen-bond donors (Lipinski definition) is 1. The van der Waals surface area contributed by atoms with Gasteiger partial charge in [-0.15, -0.1) is 0 Å². The number of carbonyl (C=O) groups excluding carboxylic acids is 2. The van der Waals surface area contributed by atoms with E-state index in [-0.39, 0.29) is 18.7 Å². The van der Waals surface area contributed by atoms with Gasteiger partial charge in [0.25, 0.3) is 5.56 Å². The van der Waals surface area contributed by atoms with Crippen molar-refractivity contribution in [3.63, 3.8) is 0 Å². The third kappa shape index (κ3) is 4.51. The Morgan fingerprint density at radius 1 is 1.09 bits per heavy atom. The quantitative estimate of drug-likeness (QED) is 0.415. The number of hydrogen-bond acceptors (Lipinski definition) is 8. The molecule has 0 aliphatic carbocycles. The lowest BCUT2D eigenvalue weighted by molar-refractivity contribution is -0.117. The number of aryl methyl sites for hydroxylation is 1. The Balaban J connectivity index is 1.61. The average Bonchev–Trinajstić information content (AvgIpc) is 3.23. The highest BCUT2D eigenvalue weighted by molar-refractivity contribution is 5.95. The maximum absolute atomic E-state index is 12.9. The number of methoxy groups -OCH3 is 1. The number of amides is 1. The van der Waals surface area contributed by atoms with E-state index in [1.807, 2.05) is 0 Å². The van der Waals surface area contributed by atoms with Crippen molar-refractivity contribution in [1.29, 1.82) is 0 Å². The molecule has 0 saturated carbocycles. The summed E-state index contributed by atoms with van der Waals surface area (Å²) in [5.41, 5.74) is 1.54. The van der Waals surface area contributed by atoms with Crippen molar-refractivity contribution >= 4 is 28.5 Å². The van der Waals surface area contributed by atoms with Gasteiger partial charge in [-0.2, -0.15) is 5.10 Å². The van der Waals surface area contributed by atoms with Crippen LogP contribution in [0.15, 0.2) is 57.8 Å². The molecule has 2 aromatic heterocycles. The fourth-order valence-corrected chi connectivity index (χ4v) is 3.43. The van der Waals surface area contributed by atoms with Crippen molar-refractivity contribution < 1.29 is 23.6 Å². The van der Waals surface area contributed by atoms with E-state index in [4.69, 9.17) is 14.0 Å². The molecule has 4 rings (SSSR count).